The van der Waals surface area contributed by atoms with E-state index in [0.717, 1.165) is 56.8 Å². The van der Waals surface area contributed by atoms with Crippen LogP contribution in [0.5, 0.6) is 11.5 Å². The van der Waals surface area contributed by atoms with Crippen LogP contribution in [0.25, 0.3) is 11.3 Å². The standard InChI is InChI=1S/C55H58N4O/c1-52(2,3)38-21-25-42(26-22-38)59-49-27-23-39(53(4,5)6)34-46(49)55(51-20-12-13-30-57-51,47-35-40(54(7,8)9)24-28-50(47)59)41-17-15-19-45(33-41)60-44-18-14-16-37(32-44)48-36-43(58(10)11)29-31-56-48/h12-36H,1-11H3. The number of anilines is 4. The van der Waals surface area contributed by atoms with Gasteiger partial charge in [0, 0.05) is 43.4 Å². The zero-order valence-electron chi connectivity index (χ0n) is 37.1. The third-order valence-electron chi connectivity index (χ3n) is 11.9. The molecule has 2 aromatic heterocycles. The van der Waals surface area contributed by atoms with Crippen LogP contribution in [0.1, 0.15) is 101 Å². The molecular formula is C55H58N4O. The number of hydrogen-bond acceptors (Lipinski definition) is 5. The van der Waals surface area contributed by atoms with Crippen molar-refractivity contribution >= 4 is 22.7 Å². The number of aromatic nitrogens is 2. The van der Waals surface area contributed by atoms with Gasteiger partial charge in [-0.3, -0.25) is 9.97 Å². The summed E-state index contributed by atoms with van der Waals surface area (Å²) in [4.78, 5) is 14.5. The summed E-state index contributed by atoms with van der Waals surface area (Å²) in [6.07, 6.45) is 3.79. The van der Waals surface area contributed by atoms with Crippen LogP contribution in [0.2, 0.25) is 0 Å². The number of hydrogen-bond donors (Lipinski definition) is 0. The summed E-state index contributed by atoms with van der Waals surface area (Å²) < 4.78 is 6.82. The van der Waals surface area contributed by atoms with Crippen molar-refractivity contribution in [3.63, 3.8) is 0 Å². The highest BCUT2D eigenvalue weighted by Gasteiger charge is 2.48. The highest BCUT2D eigenvalue weighted by Crippen LogP contribution is 2.59. The smallest absolute Gasteiger partial charge is 0.128 e. The van der Waals surface area contributed by atoms with Gasteiger partial charge in [0.25, 0.3) is 0 Å². The minimum absolute atomic E-state index is 0.0377. The van der Waals surface area contributed by atoms with Gasteiger partial charge in [-0.2, -0.15) is 0 Å². The van der Waals surface area contributed by atoms with E-state index < -0.39 is 5.41 Å². The topological polar surface area (TPSA) is 41.5 Å². The molecule has 5 heteroatoms. The van der Waals surface area contributed by atoms with Crippen molar-refractivity contribution in [2.75, 3.05) is 23.9 Å². The third-order valence-corrected chi connectivity index (χ3v) is 11.9. The molecule has 0 atom stereocenters. The van der Waals surface area contributed by atoms with E-state index in [1.54, 1.807) is 0 Å². The molecule has 3 heterocycles. The van der Waals surface area contributed by atoms with Crippen LogP contribution in [0.4, 0.5) is 22.7 Å². The maximum atomic E-state index is 6.82. The largest absolute Gasteiger partial charge is 0.457 e. The molecule has 0 saturated heterocycles. The fourth-order valence-corrected chi connectivity index (χ4v) is 8.48. The van der Waals surface area contributed by atoms with Gasteiger partial charge in [-0.05, 0) is 122 Å². The first-order chi connectivity index (χ1) is 28.4. The summed E-state index contributed by atoms with van der Waals surface area (Å²) in [5.74, 6) is 1.49. The molecule has 0 N–H and O–H groups in total. The van der Waals surface area contributed by atoms with Gasteiger partial charge in [0.15, 0.2) is 0 Å². The van der Waals surface area contributed by atoms with E-state index in [1.807, 2.05) is 50.8 Å². The van der Waals surface area contributed by atoms with E-state index in [4.69, 9.17) is 14.7 Å². The first-order valence-corrected chi connectivity index (χ1v) is 21.1. The molecule has 60 heavy (non-hydrogen) atoms. The summed E-state index contributed by atoms with van der Waals surface area (Å²) in [5.41, 5.74) is 13.6. The lowest BCUT2D eigenvalue weighted by atomic mass is 9.62. The zero-order valence-corrected chi connectivity index (χ0v) is 37.1. The van der Waals surface area contributed by atoms with Crippen LogP contribution in [0.3, 0.4) is 0 Å². The maximum absolute atomic E-state index is 6.82. The van der Waals surface area contributed by atoms with E-state index in [-0.39, 0.29) is 16.2 Å². The van der Waals surface area contributed by atoms with Gasteiger partial charge in [0.2, 0.25) is 0 Å². The van der Waals surface area contributed by atoms with Crippen LogP contribution in [0, 0.1) is 0 Å². The van der Waals surface area contributed by atoms with E-state index in [0.29, 0.717) is 0 Å². The Morgan fingerprint density at radius 2 is 1.10 bits per heavy atom. The summed E-state index contributed by atoms with van der Waals surface area (Å²) >= 11 is 0. The molecule has 0 radical (unpaired) electrons. The summed E-state index contributed by atoms with van der Waals surface area (Å²) in [7, 11) is 4.09. The SMILES string of the molecule is CN(C)c1ccnc(-c2cccc(Oc3cccc(C4(c5ccccn5)c5cc(C(C)(C)C)ccc5N(c5ccc(C(C)(C)C)cc5)c5ccc(C(C)(C)C)cc54)c3)c2)c1. The van der Waals surface area contributed by atoms with Crippen molar-refractivity contribution in [1.82, 2.24) is 9.97 Å². The molecule has 5 aromatic carbocycles. The lowest BCUT2D eigenvalue weighted by Gasteiger charge is -2.47. The number of ether oxygens (including phenoxy) is 1. The fourth-order valence-electron chi connectivity index (χ4n) is 8.48. The second-order valence-corrected chi connectivity index (χ2v) is 19.5. The van der Waals surface area contributed by atoms with Gasteiger partial charge in [0.05, 0.1) is 28.2 Å². The molecule has 1 aliphatic rings. The van der Waals surface area contributed by atoms with Gasteiger partial charge < -0.3 is 14.5 Å². The molecule has 0 bridgehead atoms. The number of fused-ring (bicyclic) bond motifs is 2. The number of pyridine rings is 2. The molecular weight excluding hydrogens is 733 g/mol. The molecule has 0 saturated carbocycles. The van der Waals surface area contributed by atoms with Crippen molar-refractivity contribution in [3.8, 4) is 22.8 Å². The Morgan fingerprint density at radius 3 is 1.67 bits per heavy atom. The highest BCUT2D eigenvalue weighted by atomic mass is 16.5. The van der Waals surface area contributed by atoms with Crippen molar-refractivity contribution in [2.45, 2.75) is 84.0 Å². The Kier molecular flexibility index (Phi) is 10.2. The second-order valence-electron chi connectivity index (χ2n) is 19.5. The average Bonchev–Trinajstić information content (AvgIpc) is 3.22. The summed E-state index contributed by atoms with van der Waals surface area (Å²) in [5, 5.41) is 0. The highest BCUT2D eigenvalue weighted by molar-refractivity contribution is 5.90. The van der Waals surface area contributed by atoms with Gasteiger partial charge >= 0.3 is 0 Å². The van der Waals surface area contributed by atoms with E-state index in [9.17, 15) is 0 Å². The predicted molar refractivity (Wildman–Crippen MR) is 251 cm³/mol. The van der Waals surface area contributed by atoms with Crippen molar-refractivity contribution in [2.24, 2.45) is 0 Å². The predicted octanol–water partition coefficient (Wildman–Crippen LogP) is 14.1. The monoisotopic (exact) mass is 790 g/mol. The Labute approximate surface area is 357 Å². The molecule has 304 valence electrons. The first kappa shape index (κ1) is 40.6. The molecule has 1 aliphatic heterocycles. The Hall–Kier alpha value is -6.20. The molecule has 8 rings (SSSR count). The van der Waals surface area contributed by atoms with Crippen LogP contribution >= 0.6 is 0 Å². The third kappa shape index (κ3) is 7.47. The molecule has 0 unspecified atom stereocenters. The minimum atomic E-state index is -0.811. The van der Waals surface area contributed by atoms with Crippen molar-refractivity contribution < 1.29 is 4.74 Å². The van der Waals surface area contributed by atoms with Crippen molar-refractivity contribution in [1.29, 1.82) is 0 Å². The average molecular weight is 791 g/mol. The van der Waals surface area contributed by atoms with Crippen LogP contribution < -0.4 is 14.5 Å². The van der Waals surface area contributed by atoms with E-state index in [1.165, 1.54) is 27.8 Å². The Bertz CT molecular complexity index is 2590. The van der Waals surface area contributed by atoms with Gasteiger partial charge in [-0.15, -0.1) is 0 Å². The van der Waals surface area contributed by atoms with E-state index >= 15 is 0 Å². The molecule has 7 aromatic rings. The second kappa shape index (κ2) is 15.1. The fraction of sp³-hybridized carbons (Fsp3) is 0.273. The minimum Gasteiger partial charge on any atom is -0.457 e. The van der Waals surface area contributed by atoms with E-state index in [2.05, 4.69) is 187 Å². The molecule has 0 fully saturated rings. The Morgan fingerprint density at radius 1 is 0.517 bits per heavy atom. The van der Waals surface area contributed by atoms with Crippen LogP contribution in [-0.2, 0) is 21.7 Å². The Balaban J connectivity index is 1.39. The van der Waals surface area contributed by atoms with Gasteiger partial charge in [-0.1, -0.05) is 129 Å². The van der Waals surface area contributed by atoms with Gasteiger partial charge in [-0.25, -0.2) is 0 Å². The first-order valence-electron chi connectivity index (χ1n) is 21.1. The zero-order chi connectivity index (χ0) is 42.6. The summed E-state index contributed by atoms with van der Waals surface area (Å²) in [6, 6.07) is 50.6. The van der Waals surface area contributed by atoms with Crippen molar-refractivity contribution in [3.05, 3.63) is 191 Å². The number of nitrogens with zero attached hydrogens (tertiary/aromatic N) is 4. The van der Waals surface area contributed by atoms with Crippen LogP contribution in [0.15, 0.2) is 152 Å². The summed E-state index contributed by atoms with van der Waals surface area (Å²) in [6.45, 7) is 20.6. The number of rotatable bonds is 7. The molecule has 5 nitrogen and oxygen atoms in total. The number of benzene rings is 5. The quantitative estimate of drug-likeness (QED) is 0.161. The lowest BCUT2D eigenvalue weighted by Crippen LogP contribution is -2.39. The normalized spacial score (nSPS) is 13.7. The lowest BCUT2D eigenvalue weighted by molar-refractivity contribution is 0.481. The molecule has 0 aliphatic carbocycles. The molecule has 0 amide bonds. The van der Waals surface area contributed by atoms with Gasteiger partial charge in [0.1, 0.15) is 11.5 Å². The maximum Gasteiger partial charge on any atom is 0.128 e. The molecule has 0 spiro atoms. The van der Waals surface area contributed by atoms with Crippen LogP contribution in [-0.4, -0.2) is 24.1 Å².